The summed E-state index contributed by atoms with van der Waals surface area (Å²) in [6.45, 7) is 0.206. The smallest absolute Gasteiger partial charge is 0.140 e. The summed E-state index contributed by atoms with van der Waals surface area (Å²) in [5.41, 5.74) is 3.77. The number of methoxy groups -OCH3 is 1. The maximum atomic E-state index is 8.93. The van der Waals surface area contributed by atoms with Crippen molar-refractivity contribution in [2.45, 2.75) is 38.5 Å². The van der Waals surface area contributed by atoms with E-state index in [9.17, 15) is 0 Å². The zero-order chi connectivity index (χ0) is 12.3. The summed E-state index contributed by atoms with van der Waals surface area (Å²) >= 11 is 6.42. The summed E-state index contributed by atoms with van der Waals surface area (Å²) in [7, 11) is 1.67. The van der Waals surface area contributed by atoms with Crippen LogP contribution in [0.2, 0.25) is 5.02 Å². The van der Waals surface area contributed by atoms with Crippen molar-refractivity contribution in [3.05, 3.63) is 27.8 Å². The van der Waals surface area contributed by atoms with E-state index in [1.807, 2.05) is 0 Å². The van der Waals surface area contributed by atoms with Crippen LogP contribution in [0.15, 0.2) is 6.07 Å². The van der Waals surface area contributed by atoms with Crippen LogP contribution in [0.4, 0.5) is 0 Å². The summed E-state index contributed by atoms with van der Waals surface area (Å²) in [6, 6.07) is 2.22. The second kappa shape index (κ2) is 5.74. The van der Waals surface area contributed by atoms with Gasteiger partial charge >= 0.3 is 0 Å². The quantitative estimate of drug-likeness (QED) is 0.895. The van der Waals surface area contributed by atoms with Gasteiger partial charge in [-0.15, -0.1) is 0 Å². The van der Waals surface area contributed by atoms with Gasteiger partial charge < -0.3 is 9.84 Å². The van der Waals surface area contributed by atoms with Crippen LogP contribution in [0, 0.1) is 0 Å². The molecule has 0 fully saturated rings. The van der Waals surface area contributed by atoms with E-state index < -0.39 is 0 Å². The van der Waals surface area contributed by atoms with E-state index in [0.717, 1.165) is 42.0 Å². The first-order chi connectivity index (χ1) is 8.27. The van der Waals surface area contributed by atoms with Crippen molar-refractivity contribution in [1.82, 2.24) is 0 Å². The molecule has 0 bridgehead atoms. The van der Waals surface area contributed by atoms with Gasteiger partial charge in [0.15, 0.2) is 0 Å². The van der Waals surface area contributed by atoms with E-state index >= 15 is 0 Å². The molecule has 1 aromatic carbocycles. The molecule has 0 aliphatic heterocycles. The summed E-state index contributed by atoms with van der Waals surface area (Å²) in [5.74, 6) is 0.806. The van der Waals surface area contributed by atoms with Gasteiger partial charge in [-0.3, -0.25) is 0 Å². The van der Waals surface area contributed by atoms with Gasteiger partial charge in [-0.05, 0) is 55.2 Å². The molecule has 1 aliphatic carbocycles. The molecule has 2 nitrogen and oxygen atoms in total. The molecule has 2 rings (SSSR count). The van der Waals surface area contributed by atoms with E-state index in [1.165, 1.54) is 24.0 Å². The Balaban J connectivity index is 2.40. The summed E-state index contributed by atoms with van der Waals surface area (Å²) in [5, 5.41) is 9.71. The van der Waals surface area contributed by atoms with Gasteiger partial charge in [-0.1, -0.05) is 17.7 Å². The fraction of sp³-hybridized carbons (Fsp3) is 0.571. The Bertz CT molecular complexity index is 402. The molecule has 0 heterocycles. The molecule has 0 saturated carbocycles. The molecule has 0 atom stereocenters. The molecule has 0 spiro atoms. The minimum atomic E-state index is 0.206. The molecule has 0 unspecified atom stereocenters. The zero-order valence-electron chi connectivity index (χ0n) is 10.3. The number of aryl methyl sites for hydroxylation is 2. The number of rotatable bonds is 4. The van der Waals surface area contributed by atoms with Crippen LogP contribution in [0.5, 0.6) is 5.75 Å². The predicted molar refractivity (Wildman–Crippen MR) is 70.1 cm³/mol. The highest BCUT2D eigenvalue weighted by atomic mass is 35.5. The molecule has 0 radical (unpaired) electrons. The van der Waals surface area contributed by atoms with Crippen LogP contribution < -0.4 is 4.74 Å². The molecule has 0 saturated heterocycles. The molecule has 0 amide bonds. The fourth-order valence-corrected chi connectivity index (χ4v) is 2.98. The number of aliphatic hydroxyl groups is 1. The SMILES string of the molecule is COc1c(CCCO)cc2c(c1Cl)CCCC2. The van der Waals surface area contributed by atoms with Crippen molar-refractivity contribution >= 4 is 11.6 Å². The van der Waals surface area contributed by atoms with E-state index in [4.69, 9.17) is 21.4 Å². The van der Waals surface area contributed by atoms with Crippen molar-refractivity contribution in [3.63, 3.8) is 0 Å². The Morgan fingerprint density at radius 2 is 2.12 bits per heavy atom. The number of hydrogen-bond donors (Lipinski definition) is 1. The third-order valence-corrected chi connectivity index (χ3v) is 3.82. The van der Waals surface area contributed by atoms with Crippen LogP contribution in [0.3, 0.4) is 0 Å². The van der Waals surface area contributed by atoms with Gasteiger partial charge in [0.2, 0.25) is 0 Å². The second-order valence-electron chi connectivity index (χ2n) is 4.55. The highest BCUT2D eigenvalue weighted by Gasteiger charge is 2.19. The number of fused-ring (bicyclic) bond motifs is 1. The Kier molecular flexibility index (Phi) is 4.30. The van der Waals surface area contributed by atoms with E-state index in [2.05, 4.69) is 6.07 Å². The Labute approximate surface area is 108 Å². The monoisotopic (exact) mass is 254 g/mol. The van der Waals surface area contributed by atoms with Crippen molar-refractivity contribution in [2.24, 2.45) is 0 Å². The van der Waals surface area contributed by atoms with Crippen molar-refractivity contribution in [1.29, 1.82) is 0 Å². The molecule has 1 N–H and O–H groups in total. The summed E-state index contributed by atoms with van der Waals surface area (Å²) < 4.78 is 5.43. The van der Waals surface area contributed by atoms with Crippen LogP contribution in [-0.2, 0) is 19.3 Å². The van der Waals surface area contributed by atoms with Gasteiger partial charge in [0.05, 0.1) is 12.1 Å². The van der Waals surface area contributed by atoms with Crippen LogP contribution in [-0.4, -0.2) is 18.8 Å². The Morgan fingerprint density at radius 3 is 2.82 bits per heavy atom. The first-order valence-electron chi connectivity index (χ1n) is 6.26. The summed E-state index contributed by atoms with van der Waals surface area (Å²) in [4.78, 5) is 0. The normalized spacial score (nSPS) is 14.5. The second-order valence-corrected chi connectivity index (χ2v) is 4.93. The number of benzene rings is 1. The first kappa shape index (κ1) is 12.7. The highest BCUT2D eigenvalue weighted by Crippen LogP contribution is 2.38. The van der Waals surface area contributed by atoms with Gasteiger partial charge in [0.1, 0.15) is 5.75 Å². The van der Waals surface area contributed by atoms with E-state index in [1.54, 1.807) is 7.11 Å². The van der Waals surface area contributed by atoms with Crippen LogP contribution >= 0.6 is 11.6 Å². The average Bonchev–Trinajstić information content (AvgIpc) is 2.36. The van der Waals surface area contributed by atoms with E-state index in [0.29, 0.717) is 0 Å². The Morgan fingerprint density at radius 1 is 1.35 bits per heavy atom. The number of hydrogen-bond acceptors (Lipinski definition) is 2. The lowest BCUT2D eigenvalue weighted by molar-refractivity contribution is 0.287. The fourth-order valence-electron chi connectivity index (χ4n) is 2.57. The minimum Gasteiger partial charge on any atom is -0.495 e. The Hall–Kier alpha value is -0.730. The van der Waals surface area contributed by atoms with E-state index in [-0.39, 0.29) is 6.61 Å². The molecule has 0 aromatic heterocycles. The molecule has 94 valence electrons. The molecule has 1 aromatic rings. The first-order valence-corrected chi connectivity index (χ1v) is 6.63. The van der Waals surface area contributed by atoms with Crippen molar-refractivity contribution in [3.8, 4) is 5.75 Å². The van der Waals surface area contributed by atoms with Gasteiger partial charge in [0, 0.05) is 6.61 Å². The third kappa shape index (κ3) is 2.58. The number of halogens is 1. The highest BCUT2D eigenvalue weighted by molar-refractivity contribution is 6.33. The zero-order valence-corrected chi connectivity index (χ0v) is 11.0. The number of ether oxygens (including phenoxy) is 1. The molecule has 1 aliphatic rings. The molecular formula is C14H19ClO2. The van der Waals surface area contributed by atoms with Crippen molar-refractivity contribution < 1.29 is 9.84 Å². The minimum absolute atomic E-state index is 0.206. The maximum Gasteiger partial charge on any atom is 0.140 e. The average molecular weight is 255 g/mol. The van der Waals surface area contributed by atoms with Crippen molar-refractivity contribution in [2.75, 3.05) is 13.7 Å². The molecule has 17 heavy (non-hydrogen) atoms. The molecular weight excluding hydrogens is 236 g/mol. The summed E-state index contributed by atoms with van der Waals surface area (Å²) in [6.07, 6.45) is 6.22. The lowest BCUT2D eigenvalue weighted by Gasteiger charge is -2.21. The standard InChI is InChI=1S/C14H19ClO2/c1-17-14-11(6-4-8-16)9-10-5-2-3-7-12(10)13(14)15/h9,16H,2-8H2,1H3. The van der Waals surface area contributed by atoms with Gasteiger partial charge in [-0.2, -0.15) is 0 Å². The predicted octanol–water partition coefficient (Wildman–Crippen LogP) is 3.15. The number of aliphatic hydroxyl groups excluding tert-OH is 1. The molecule has 3 heteroatoms. The maximum absolute atomic E-state index is 8.93. The third-order valence-electron chi connectivity index (χ3n) is 3.42. The lowest BCUT2D eigenvalue weighted by Crippen LogP contribution is -2.07. The van der Waals surface area contributed by atoms with Crippen LogP contribution in [0.25, 0.3) is 0 Å². The lowest BCUT2D eigenvalue weighted by atomic mass is 9.89. The topological polar surface area (TPSA) is 29.5 Å². The van der Waals surface area contributed by atoms with Gasteiger partial charge in [-0.25, -0.2) is 0 Å². The van der Waals surface area contributed by atoms with Gasteiger partial charge in [0.25, 0.3) is 0 Å². The largest absolute Gasteiger partial charge is 0.495 e. The van der Waals surface area contributed by atoms with Crippen LogP contribution in [0.1, 0.15) is 36.0 Å².